The average molecular weight is 321 g/mol. The summed E-state index contributed by atoms with van der Waals surface area (Å²) < 4.78 is 23.5. The van der Waals surface area contributed by atoms with Crippen molar-refractivity contribution in [1.82, 2.24) is 4.90 Å². The lowest BCUT2D eigenvalue weighted by Gasteiger charge is -2.43. The number of hydrogen-bond acceptors (Lipinski definition) is 5. The average Bonchev–Trinajstić information content (AvgIpc) is 2.38. The van der Waals surface area contributed by atoms with Crippen LogP contribution in [0.5, 0.6) is 0 Å². The van der Waals surface area contributed by atoms with Gasteiger partial charge in [0.15, 0.2) is 0 Å². The van der Waals surface area contributed by atoms with E-state index in [9.17, 15) is 13.2 Å². The van der Waals surface area contributed by atoms with Crippen molar-refractivity contribution in [2.75, 3.05) is 24.3 Å². The number of nitrogens with zero attached hydrogens (tertiary/aromatic N) is 1. The Morgan fingerprint density at radius 2 is 2.15 bits per heavy atom. The van der Waals surface area contributed by atoms with Crippen LogP contribution >= 0.6 is 11.8 Å². The number of thioether (sulfide) groups is 1. The second kappa shape index (κ2) is 6.66. The van der Waals surface area contributed by atoms with E-state index in [4.69, 9.17) is 5.11 Å². The molecule has 1 N–H and O–H groups in total. The first kappa shape index (κ1) is 16.1. The van der Waals surface area contributed by atoms with Crippen LogP contribution in [0.15, 0.2) is 0 Å². The van der Waals surface area contributed by atoms with Gasteiger partial charge in [-0.25, -0.2) is 8.42 Å². The molecule has 2 rings (SSSR count). The van der Waals surface area contributed by atoms with Crippen molar-refractivity contribution in [2.45, 2.75) is 49.4 Å². The summed E-state index contributed by atoms with van der Waals surface area (Å²) in [6.07, 6.45) is 4.81. The van der Waals surface area contributed by atoms with Gasteiger partial charge in [0.25, 0.3) is 0 Å². The Hall–Kier alpha value is -0.270. The van der Waals surface area contributed by atoms with E-state index in [-0.39, 0.29) is 23.8 Å². The maximum absolute atomic E-state index is 11.8. The summed E-state index contributed by atoms with van der Waals surface area (Å²) in [6.45, 7) is 0.879. The van der Waals surface area contributed by atoms with Gasteiger partial charge in [0.05, 0.1) is 11.7 Å². The van der Waals surface area contributed by atoms with E-state index in [1.54, 1.807) is 11.8 Å². The number of hydrogen-bond donors (Lipinski definition) is 1. The summed E-state index contributed by atoms with van der Waals surface area (Å²) in [5.74, 6) is 1.08. The molecule has 0 amide bonds. The van der Waals surface area contributed by atoms with Gasteiger partial charge in [-0.05, 0) is 19.3 Å². The monoisotopic (exact) mass is 321 g/mol. The number of rotatable bonds is 4. The molecule has 0 aromatic rings. The molecule has 2 aliphatic rings. The molecule has 1 aliphatic heterocycles. The first-order valence-corrected chi connectivity index (χ1v) is 10.2. The molecular weight excluding hydrogens is 298 g/mol. The fourth-order valence-electron chi connectivity index (χ4n) is 3.34. The van der Waals surface area contributed by atoms with Gasteiger partial charge in [0.2, 0.25) is 0 Å². The van der Waals surface area contributed by atoms with Crippen molar-refractivity contribution in [3.8, 4) is 0 Å². The van der Waals surface area contributed by atoms with E-state index in [1.165, 1.54) is 6.26 Å². The number of carboxylic acid groups (broad SMARTS) is 1. The van der Waals surface area contributed by atoms with E-state index < -0.39 is 15.8 Å². The number of carbonyl (C=O) groups is 1. The first-order valence-electron chi connectivity index (χ1n) is 7.12. The first-order chi connectivity index (χ1) is 9.38. The van der Waals surface area contributed by atoms with E-state index in [1.807, 2.05) is 0 Å². The molecule has 2 fully saturated rings. The quantitative estimate of drug-likeness (QED) is 0.839. The highest BCUT2D eigenvalue weighted by atomic mass is 32.2. The minimum atomic E-state index is -2.99. The summed E-state index contributed by atoms with van der Waals surface area (Å²) in [5, 5.41) is 8.78. The molecule has 0 aromatic carbocycles. The zero-order chi connectivity index (χ0) is 14.8. The standard InChI is InChI=1S/C13H23NO4S2/c1-20(17,18)12-4-2-3-10(7-12)14-5-6-19-9-11(14)8-13(15)16/h10-12H,2-9H2,1H3,(H,15,16). The van der Waals surface area contributed by atoms with Crippen molar-refractivity contribution in [3.63, 3.8) is 0 Å². The van der Waals surface area contributed by atoms with Crippen LogP contribution in [0.25, 0.3) is 0 Å². The maximum Gasteiger partial charge on any atom is 0.304 e. The van der Waals surface area contributed by atoms with Crippen molar-refractivity contribution < 1.29 is 18.3 Å². The third kappa shape index (κ3) is 4.11. The van der Waals surface area contributed by atoms with Crippen molar-refractivity contribution in [2.24, 2.45) is 0 Å². The summed E-state index contributed by atoms with van der Waals surface area (Å²) in [7, 11) is -2.99. The predicted octanol–water partition coefficient (Wildman–Crippen LogP) is 1.23. The van der Waals surface area contributed by atoms with Gasteiger partial charge in [-0.2, -0.15) is 11.8 Å². The molecule has 0 bridgehead atoms. The lowest BCUT2D eigenvalue weighted by molar-refractivity contribution is -0.138. The normalized spacial score (nSPS) is 33.0. The maximum atomic E-state index is 11.8. The van der Waals surface area contributed by atoms with Gasteiger partial charge in [-0.1, -0.05) is 6.42 Å². The number of aliphatic carboxylic acids is 1. The molecule has 1 heterocycles. The molecule has 1 saturated carbocycles. The van der Waals surface area contributed by atoms with E-state index in [0.29, 0.717) is 6.42 Å². The van der Waals surface area contributed by atoms with Crippen molar-refractivity contribution in [3.05, 3.63) is 0 Å². The van der Waals surface area contributed by atoms with Crippen LogP contribution in [0.3, 0.4) is 0 Å². The fourth-order valence-corrected chi connectivity index (χ4v) is 5.59. The second-order valence-corrected chi connectivity index (χ2v) is 9.31. The van der Waals surface area contributed by atoms with Crippen LogP contribution in [0, 0.1) is 0 Å². The van der Waals surface area contributed by atoms with Crippen molar-refractivity contribution in [1.29, 1.82) is 0 Å². The zero-order valence-electron chi connectivity index (χ0n) is 11.8. The molecule has 3 unspecified atom stereocenters. The van der Waals surface area contributed by atoms with Gasteiger partial charge in [-0.15, -0.1) is 0 Å². The SMILES string of the molecule is CS(=O)(=O)C1CCCC(N2CCSCC2CC(=O)O)C1. The Balaban J connectivity index is 2.05. The molecule has 3 atom stereocenters. The predicted molar refractivity (Wildman–Crippen MR) is 81.0 cm³/mol. The Kier molecular flexibility index (Phi) is 5.36. The van der Waals surface area contributed by atoms with Gasteiger partial charge in [0, 0.05) is 36.4 Å². The Morgan fingerprint density at radius 1 is 1.40 bits per heavy atom. The molecule has 0 radical (unpaired) electrons. The lowest BCUT2D eigenvalue weighted by Crippen LogP contribution is -2.51. The van der Waals surface area contributed by atoms with E-state index >= 15 is 0 Å². The molecule has 5 nitrogen and oxygen atoms in total. The third-order valence-corrected chi connectivity index (χ3v) is 7.09. The summed E-state index contributed by atoms with van der Waals surface area (Å²) in [4.78, 5) is 13.3. The van der Waals surface area contributed by atoms with Crippen LogP contribution in [0.4, 0.5) is 0 Å². The molecule has 116 valence electrons. The minimum absolute atomic E-state index is 0.0505. The molecule has 20 heavy (non-hydrogen) atoms. The third-order valence-electron chi connectivity index (χ3n) is 4.36. The van der Waals surface area contributed by atoms with Crippen LogP contribution in [0.1, 0.15) is 32.1 Å². The molecular formula is C13H23NO4S2. The lowest BCUT2D eigenvalue weighted by atomic mass is 9.92. The molecule has 0 spiro atoms. The van der Waals surface area contributed by atoms with Crippen LogP contribution in [-0.4, -0.2) is 66.0 Å². The Labute approximate surface area is 125 Å². The highest BCUT2D eigenvalue weighted by Gasteiger charge is 2.36. The van der Waals surface area contributed by atoms with Gasteiger partial charge in [0.1, 0.15) is 9.84 Å². The highest BCUT2D eigenvalue weighted by Crippen LogP contribution is 2.31. The zero-order valence-corrected chi connectivity index (χ0v) is 13.5. The summed E-state index contributed by atoms with van der Waals surface area (Å²) >= 11 is 1.80. The van der Waals surface area contributed by atoms with Crippen molar-refractivity contribution >= 4 is 27.6 Å². The van der Waals surface area contributed by atoms with Gasteiger partial charge < -0.3 is 5.11 Å². The molecule has 1 saturated heterocycles. The van der Waals surface area contributed by atoms with E-state index in [2.05, 4.69) is 4.90 Å². The molecule has 7 heteroatoms. The Morgan fingerprint density at radius 3 is 2.80 bits per heavy atom. The van der Waals surface area contributed by atoms with Gasteiger partial charge in [-0.3, -0.25) is 9.69 Å². The molecule has 1 aliphatic carbocycles. The summed E-state index contributed by atoms with van der Waals surface area (Å²) in [5.41, 5.74) is 0. The van der Waals surface area contributed by atoms with Gasteiger partial charge >= 0.3 is 5.97 Å². The van der Waals surface area contributed by atoms with Crippen LogP contribution < -0.4 is 0 Å². The minimum Gasteiger partial charge on any atom is -0.481 e. The second-order valence-electron chi connectivity index (χ2n) is 5.84. The van der Waals surface area contributed by atoms with E-state index in [0.717, 1.165) is 37.3 Å². The smallest absolute Gasteiger partial charge is 0.304 e. The fraction of sp³-hybridized carbons (Fsp3) is 0.923. The Bertz CT molecular complexity index is 451. The largest absolute Gasteiger partial charge is 0.481 e. The van der Waals surface area contributed by atoms with Crippen LogP contribution in [-0.2, 0) is 14.6 Å². The van der Waals surface area contributed by atoms with Crippen LogP contribution in [0.2, 0.25) is 0 Å². The highest BCUT2D eigenvalue weighted by molar-refractivity contribution is 7.99. The number of sulfone groups is 1. The topological polar surface area (TPSA) is 74.7 Å². The number of carboxylic acids is 1. The molecule has 0 aromatic heterocycles. The summed E-state index contributed by atoms with van der Waals surface area (Å²) in [6, 6.07) is 0.281.